The lowest BCUT2D eigenvalue weighted by atomic mass is 9.86. The van der Waals surface area contributed by atoms with E-state index < -0.39 is 5.97 Å². The van der Waals surface area contributed by atoms with Gasteiger partial charge in [-0.05, 0) is 38.2 Å². The van der Waals surface area contributed by atoms with E-state index in [1.54, 1.807) is 13.8 Å². The highest BCUT2D eigenvalue weighted by atomic mass is 32.1. The summed E-state index contributed by atoms with van der Waals surface area (Å²) in [4.78, 5) is 44.2. The highest BCUT2D eigenvalue weighted by Crippen LogP contribution is 2.27. The van der Waals surface area contributed by atoms with Gasteiger partial charge < -0.3 is 15.0 Å². The van der Waals surface area contributed by atoms with Gasteiger partial charge in [0.25, 0.3) is 11.5 Å². The second kappa shape index (κ2) is 7.57. The zero-order valence-corrected chi connectivity index (χ0v) is 16.0. The Balaban J connectivity index is 1.66. The molecule has 1 saturated carbocycles. The number of hydrogen-bond acceptors (Lipinski definition) is 6. The van der Waals surface area contributed by atoms with Crippen LogP contribution in [0, 0.1) is 19.8 Å². The number of H-pyrrole nitrogens is 1. The molecule has 0 saturated heterocycles. The van der Waals surface area contributed by atoms with Crippen molar-refractivity contribution in [1.82, 2.24) is 15.3 Å². The Kier molecular flexibility index (Phi) is 5.41. The Labute approximate surface area is 155 Å². The number of thiophene rings is 1. The van der Waals surface area contributed by atoms with Gasteiger partial charge in [-0.3, -0.25) is 9.59 Å². The number of rotatable bonds is 4. The van der Waals surface area contributed by atoms with Gasteiger partial charge in [-0.25, -0.2) is 9.78 Å². The maximum atomic E-state index is 12.4. The molecule has 1 amide bonds. The summed E-state index contributed by atoms with van der Waals surface area (Å²) in [5.74, 6) is 0.0380. The van der Waals surface area contributed by atoms with Crippen molar-refractivity contribution in [2.75, 3.05) is 6.61 Å². The van der Waals surface area contributed by atoms with Crippen molar-refractivity contribution in [3.8, 4) is 0 Å². The van der Waals surface area contributed by atoms with Crippen LogP contribution < -0.4 is 10.9 Å². The minimum Gasteiger partial charge on any atom is -0.451 e. The smallest absolute Gasteiger partial charge is 0.349 e. The van der Waals surface area contributed by atoms with Gasteiger partial charge in [-0.15, -0.1) is 11.3 Å². The molecule has 0 aliphatic heterocycles. The molecule has 0 spiro atoms. The summed E-state index contributed by atoms with van der Waals surface area (Å²) in [7, 11) is 0. The molecule has 2 aromatic rings. The second-order valence-corrected chi connectivity index (χ2v) is 7.90. The van der Waals surface area contributed by atoms with Gasteiger partial charge in [0.1, 0.15) is 15.5 Å². The number of nitrogens with one attached hydrogen (secondary N) is 2. The Hall–Kier alpha value is -2.22. The summed E-state index contributed by atoms with van der Waals surface area (Å²) in [6, 6.07) is 0.145. The maximum Gasteiger partial charge on any atom is 0.349 e. The van der Waals surface area contributed by atoms with E-state index in [1.807, 2.05) is 0 Å². The monoisotopic (exact) mass is 377 g/mol. The summed E-state index contributed by atoms with van der Waals surface area (Å²) in [5, 5.41) is 3.35. The molecule has 26 heavy (non-hydrogen) atoms. The summed E-state index contributed by atoms with van der Waals surface area (Å²) in [6.07, 6.45) is 4.37. The van der Waals surface area contributed by atoms with Crippen LogP contribution in [0.25, 0.3) is 10.2 Å². The predicted octanol–water partition coefficient (Wildman–Crippen LogP) is 2.45. The fourth-order valence-electron chi connectivity index (χ4n) is 3.42. The molecule has 0 unspecified atom stereocenters. The molecular formula is C18H23N3O4S. The lowest BCUT2D eigenvalue weighted by Crippen LogP contribution is -2.42. The molecular weight excluding hydrogens is 354 g/mol. The topological polar surface area (TPSA) is 101 Å². The Bertz CT molecular complexity index is 902. The number of hydrogen-bond donors (Lipinski definition) is 2. The van der Waals surface area contributed by atoms with Crippen LogP contribution in [0.4, 0.5) is 0 Å². The van der Waals surface area contributed by atoms with E-state index >= 15 is 0 Å². The van der Waals surface area contributed by atoms with Crippen molar-refractivity contribution in [2.45, 2.75) is 52.5 Å². The molecule has 7 nitrogen and oxygen atoms in total. The first-order valence-electron chi connectivity index (χ1n) is 8.83. The van der Waals surface area contributed by atoms with Crippen LogP contribution >= 0.6 is 11.3 Å². The zero-order chi connectivity index (χ0) is 18.8. The first-order chi connectivity index (χ1) is 12.4. The van der Waals surface area contributed by atoms with Gasteiger partial charge in [0.2, 0.25) is 0 Å². The Morgan fingerprint density at radius 3 is 2.77 bits per heavy atom. The van der Waals surface area contributed by atoms with E-state index in [2.05, 4.69) is 22.2 Å². The minimum absolute atomic E-state index is 0.145. The molecule has 2 atom stereocenters. The van der Waals surface area contributed by atoms with Gasteiger partial charge >= 0.3 is 5.97 Å². The highest BCUT2D eigenvalue weighted by Gasteiger charge is 2.24. The third kappa shape index (κ3) is 3.80. The largest absolute Gasteiger partial charge is 0.451 e. The highest BCUT2D eigenvalue weighted by molar-refractivity contribution is 7.20. The average Bonchev–Trinajstić information content (AvgIpc) is 2.91. The Morgan fingerprint density at radius 1 is 1.31 bits per heavy atom. The molecule has 1 aliphatic carbocycles. The molecule has 0 bridgehead atoms. The number of aryl methyl sites for hydroxylation is 2. The van der Waals surface area contributed by atoms with Crippen LogP contribution in [0.1, 0.15) is 53.7 Å². The molecule has 1 fully saturated rings. The summed E-state index contributed by atoms with van der Waals surface area (Å²) < 4.78 is 5.17. The fraction of sp³-hybridized carbons (Fsp3) is 0.556. The zero-order valence-electron chi connectivity index (χ0n) is 15.2. The van der Waals surface area contributed by atoms with Crippen molar-refractivity contribution < 1.29 is 14.3 Å². The molecule has 1 aliphatic rings. The van der Waals surface area contributed by atoms with E-state index in [4.69, 9.17) is 4.74 Å². The molecule has 2 heterocycles. The van der Waals surface area contributed by atoms with Gasteiger partial charge in [0, 0.05) is 6.04 Å². The normalized spacial score (nSPS) is 20.1. The standard InChI is InChI=1S/C18H23N3O4S/c1-9-6-4-5-7-12(9)21-13(22)8-25-18(24)15-10(2)14-16(23)19-11(3)20-17(14)26-15/h9,12H,4-8H2,1-3H3,(H,21,22)(H,19,20,23)/t9-,12-/m0/s1. The SMILES string of the molecule is Cc1nc2sc(C(=O)OCC(=O)N[C@H]3CCCC[C@@H]3C)c(C)c2c(=O)[nH]1. The average molecular weight is 377 g/mol. The maximum absolute atomic E-state index is 12.4. The number of carbonyl (C=O) groups is 2. The van der Waals surface area contributed by atoms with E-state index in [9.17, 15) is 14.4 Å². The summed E-state index contributed by atoms with van der Waals surface area (Å²) >= 11 is 1.11. The lowest BCUT2D eigenvalue weighted by molar-refractivity contribution is -0.125. The number of fused-ring (bicyclic) bond motifs is 1. The summed E-state index contributed by atoms with van der Waals surface area (Å²) in [6.45, 7) is 5.18. The first kappa shape index (κ1) is 18.6. The number of ether oxygens (including phenoxy) is 1. The van der Waals surface area contributed by atoms with Crippen LogP contribution in [-0.4, -0.2) is 34.5 Å². The first-order valence-corrected chi connectivity index (χ1v) is 9.65. The molecule has 0 radical (unpaired) electrons. The molecule has 0 aromatic carbocycles. The van der Waals surface area contributed by atoms with Crippen molar-refractivity contribution in [3.05, 3.63) is 26.6 Å². The third-order valence-corrected chi connectivity index (χ3v) is 6.06. The lowest BCUT2D eigenvalue weighted by Gasteiger charge is -2.29. The van der Waals surface area contributed by atoms with E-state index in [0.29, 0.717) is 32.4 Å². The Morgan fingerprint density at radius 2 is 2.04 bits per heavy atom. The molecule has 2 N–H and O–H groups in total. The van der Waals surface area contributed by atoms with Gasteiger partial charge in [0.05, 0.1) is 5.39 Å². The van der Waals surface area contributed by atoms with Crippen molar-refractivity contribution >= 4 is 33.4 Å². The molecule has 8 heteroatoms. The van der Waals surface area contributed by atoms with Gasteiger partial charge in [0.15, 0.2) is 6.61 Å². The van der Waals surface area contributed by atoms with E-state index in [-0.39, 0.29) is 24.1 Å². The van der Waals surface area contributed by atoms with Crippen LogP contribution in [0.3, 0.4) is 0 Å². The van der Waals surface area contributed by atoms with Crippen molar-refractivity contribution in [3.63, 3.8) is 0 Å². The van der Waals surface area contributed by atoms with E-state index in [0.717, 1.165) is 30.6 Å². The number of amides is 1. The fourth-order valence-corrected chi connectivity index (χ4v) is 4.54. The van der Waals surface area contributed by atoms with E-state index in [1.165, 1.54) is 6.42 Å². The van der Waals surface area contributed by atoms with Crippen molar-refractivity contribution in [2.24, 2.45) is 5.92 Å². The van der Waals surface area contributed by atoms with Crippen molar-refractivity contribution in [1.29, 1.82) is 0 Å². The number of nitrogens with zero attached hydrogens (tertiary/aromatic N) is 1. The quantitative estimate of drug-likeness (QED) is 0.797. The summed E-state index contributed by atoms with van der Waals surface area (Å²) in [5.41, 5.74) is 0.259. The number of carbonyl (C=O) groups excluding carboxylic acids is 2. The van der Waals surface area contributed by atoms with Crippen LogP contribution in [-0.2, 0) is 9.53 Å². The van der Waals surface area contributed by atoms with Crippen LogP contribution in [0.15, 0.2) is 4.79 Å². The van der Waals surface area contributed by atoms with Gasteiger partial charge in [-0.1, -0.05) is 19.8 Å². The number of aromatic amines is 1. The predicted molar refractivity (Wildman–Crippen MR) is 99.6 cm³/mol. The van der Waals surface area contributed by atoms with Gasteiger partial charge in [-0.2, -0.15) is 0 Å². The number of aromatic nitrogens is 2. The minimum atomic E-state index is -0.602. The molecule has 3 rings (SSSR count). The number of esters is 1. The van der Waals surface area contributed by atoms with Crippen LogP contribution in [0.5, 0.6) is 0 Å². The molecule has 2 aromatic heterocycles. The second-order valence-electron chi connectivity index (χ2n) is 6.90. The third-order valence-electron chi connectivity index (χ3n) is 4.90. The molecule has 140 valence electrons. The van der Waals surface area contributed by atoms with Crippen LogP contribution in [0.2, 0.25) is 0 Å².